The third-order valence-corrected chi connectivity index (χ3v) is 4.23. The standard InChI is InChI=1S/C17H30N2OS/c1-7-9-19(10-8-2)12-11-18(6)14-13(17(3,4)5)15(20)16(14)21/h7-12H2,1-6H3. The molecule has 21 heavy (non-hydrogen) atoms. The molecule has 0 unspecified atom stereocenters. The van der Waals surface area contributed by atoms with Crippen molar-refractivity contribution in [2.24, 2.45) is 0 Å². The van der Waals surface area contributed by atoms with Crippen molar-refractivity contribution in [1.29, 1.82) is 0 Å². The zero-order valence-electron chi connectivity index (χ0n) is 14.5. The topological polar surface area (TPSA) is 23.6 Å². The Morgan fingerprint density at radius 3 is 1.95 bits per heavy atom. The summed E-state index contributed by atoms with van der Waals surface area (Å²) in [7, 11) is 2.05. The van der Waals surface area contributed by atoms with Crippen molar-refractivity contribution in [3.05, 3.63) is 20.3 Å². The minimum absolute atomic E-state index is 0.0679. The van der Waals surface area contributed by atoms with Gasteiger partial charge in [0.15, 0.2) is 0 Å². The normalized spacial score (nSPS) is 12.3. The zero-order chi connectivity index (χ0) is 16.2. The van der Waals surface area contributed by atoms with Crippen LogP contribution < -0.4 is 10.3 Å². The third kappa shape index (κ3) is 4.36. The van der Waals surface area contributed by atoms with Gasteiger partial charge in [-0.1, -0.05) is 46.8 Å². The van der Waals surface area contributed by atoms with Gasteiger partial charge in [0.05, 0.1) is 5.69 Å². The first-order valence-corrected chi connectivity index (χ1v) is 8.42. The predicted octanol–water partition coefficient (Wildman–Crippen LogP) is 3.51. The highest BCUT2D eigenvalue weighted by molar-refractivity contribution is 7.71. The van der Waals surface area contributed by atoms with Crippen LogP contribution in [0.3, 0.4) is 0 Å². The van der Waals surface area contributed by atoms with E-state index in [2.05, 4.69) is 51.5 Å². The van der Waals surface area contributed by atoms with Crippen molar-refractivity contribution in [3.63, 3.8) is 0 Å². The largest absolute Gasteiger partial charge is 0.372 e. The SMILES string of the molecule is CCCN(CCC)CCN(C)c1c(C(C)(C)C)c(=O)c1=S. The maximum atomic E-state index is 12.0. The van der Waals surface area contributed by atoms with Crippen molar-refractivity contribution in [2.75, 3.05) is 38.1 Å². The van der Waals surface area contributed by atoms with Crippen LogP contribution in [0.15, 0.2) is 4.79 Å². The second kappa shape index (κ2) is 7.50. The van der Waals surface area contributed by atoms with Gasteiger partial charge in [0.2, 0.25) is 5.43 Å². The van der Waals surface area contributed by atoms with Crippen LogP contribution in [0, 0.1) is 4.51 Å². The van der Waals surface area contributed by atoms with Crippen LogP contribution in [0.25, 0.3) is 0 Å². The lowest BCUT2D eigenvalue weighted by molar-refractivity contribution is 0.281. The summed E-state index contributed by atoms with van der Waals surface area (Å²) in [4.78, 5) is 16.7. The summed E-state index contributed by atoms with van der Waals surface area (Å²) < 4.78 is 0.514. The molecular weight excluding hydrogens is 280 g/mol. The Balaban J connectivity index is 2.77. The average molecular weight is 311 g/mol. The molecule has 0 heterocycles. The molecule has 0 spiro atoms. The van der Waals surface area contributed by atoms with Crippen molar-refractivity contribution >= 4 is 17.9 Å². The van der Waals surface area contributed by atoms with E-state index in [1.165, 1.54) is 12.8 Å². The fourth-order valence-corrected chi connectivity index (χ4v) is 3.17. The van der Waals surface area contributed by atoms with Crippen LogP contribution in [-0.2, 0) is 5.41 Å². The van der Waals surface area contributed by atoms with Gasteiger partial charge in [-0.2, -0.15) is 0 Å². The lowest BCUT2D eigenvalue weighted by Crippen LogP contribution is -2.39. The Hall–Kier alpha value is -0.740. The molecule has 0 aliphatic heterocycles. The first-order chi connectivity index (χ1) is 9.73. The molecule has 0 bridgehead atoms. The minimum Gasteiger partial charge on any atom is -0.372 e. The predicted molar refractivity (Wildman–Crippen MR) is 94.9 cm³/mol. The van der Waals surface area contributed by atoms with Gasteiger partial charge in [-0.15, -0.1) is 0 Å². The molecule has 0 amide bonds. The van der Waals surface area contributed by atoms with Gasteiger partial charge in [-0.05, 0) is 31.3 Å². The van der Waals surface area contributed by atoms with Gasteiger partial charge in [-0.25, -0.2) is 0 Å². The maximum Gasteiger partial charge on any atom is 0.204 e. The van der Waals surface area contributed by atoms with Gasteiger partial charge >= 0.3 is 0 Å². The summed E-state index contributed by atoms with van der Waals surface area (Å²) in [6.07, 6.45) is 2.35. The van der Waals surface area contributed by atoms with Crippen LogP contribution in [0.2, 0.25) is 0 Å². The van der Waals surface area contributed by atoms with E-state index in [4.69, 9.17) is 12.2 Å². The molecule has 1 aromatic rings. The van der Waals surface area contributed by atoms with E-state index in [9.17, 15) is 4.79 Å². The number of hydrogen-bond acceptors (Lipinski definition) is 4. The number of anilines is 1. The number of nitrogens with zero attached hydrogens (tertiary/aromatic N) is 2. The average Bonchev–Trinajstić information content (AvgIpc) is 2.39. The Bertz CT molecular complexity index is 517. The molecule has 120 valence electrons. The highest BCUT2D eigenvalue weighted by Gasteiger charge is 2.30. The molecule has 0 atom stereocenters. The first kappa shape index (κ1) is 18.3. The van der Waals surface area contributed by atoms with E-state index in [1.807, 2.05) is 0 Å². The Morgan fingerprint density at radius 1 is 1.00 bits per heavy atom. The summed E-state index contributed by atoms with van der Waals surface area (Å²) in [6, 6.07) is 0. The molecule has 1 rings (SSSR count). The summed E-state index contributed by atoms with van der Waals surface area (Å²) in [5, 5.41) is 0. The van der Waals surface area contributed by atoms with E-state index in [0.29, 0.717) is 4.51 Å². The molecule has 1 aromatic carbocycles. The maximum absolute atomic E-state index is 12.0. The van der Waals surface area contributed by atoms with Crippen LogP contribution in [0.4, 0.5) is 5.69 Å². The van der Waals surface area contributed by atoms with E-state index in [1.54, 1.807) is 0 Å². The van der Waals surface area contributed by atoms with Crippen LogP contribution in [-0.4, -0.2) is 38.1 Å². The smallest absolute Gasteiger partial charge is 0.204 e. The van der Waals surface area contributed by atoms with Crippen molar-refractivity contribution in [2.45, 2.75) is 52.9 Å². The first-order valence-electron chi connectivity index (χ1n) is 8.01. The van der Waals surface area contributed by atoms with E-state index in [0.717, 1.165) is 37.4 Å². The van der Waals surface area contributed by atoms with E-state index in [-0.39, 0.29) is 10.8 Å². The third-order valence-electron chi connectivity index (χ3n) is 3.85. The molecule has 0 fully saturated rings. The fraction of sp³-hybridized carbons (Fsp3) is 0.765. The highest BCUT2D eigenvalue weighted by atomic mass is 32.1. The molecule has 0 saturated heterocycles. The van der Waals surface area contributed by atoms with E-state index < -0.39 is 0 Å². The van der Waals surface area contributed by atoms with Gasteiger partial charge < -0.3 is 9.80 Å². The van der Waals surface area contributed by atoms with Crippen molar-refractivity contribution in [1.82, 2.24) is 4.90 Å². The Labute approximate surface area is 134 Å². The minimum atomic E-state index is -0.129. The molecule has 0 saturated carbocycles. The summed E-state index contributed by atoms with van der Waals surface area (Å²) in [6.45, 7) is 14.9. The molecular formula is C17H30N2OS. The number of hydrogen-bond donors (Lipinski definition) is 0. The lowest BCUT2D eigenvalue weighted by Gasteiger charge is -2.32. The summed E-state index contributed by atoms with van der Waals surface area (Å²) in [5.41, 5.74) is 1.83. The Morgan fingerprint density at radius 2 is 1.52 bits per heavy atom. The van der Waals surface area contributed by atoms with Gasteiger partial charge in [0, 0.05) is 25.7 Å². The molecule has 3 nitrogen and oxygen atoms in total. The van der Waals surface area contributed by atoms with Gasteiger partial charge in [0.25, 0.3) is 0 Å². The van der Waals surface area contributed by atoms with Crippen LogP contribution >= 0.6 is 12.2 Å². The quantitative estimate of drug-likeness (QED) is 0.686. The van der Waals surface area contributed by atoms with E-state index >= 15 is 0 Å². The molecule has 0 aromatic heterocycles. The molecule has 0 N–H and O–H groups in total. The second-order valence-electron chi connectivity index (χ2n) is 6.90. The molecule has 0 radical (unpaired) electrons. The molecule has 0 aliphatic rings. The molecule has 0 aliphatic carbocycles. The molecule has 4 heteroatoms. The van der Waals surface area contributed by atoms with Gasteiger partial charge in [0.1, 0.15) is 4.51 Å². The summed E-state index contributed by atoms with van der Waals surface area (Å²) >= 11 is 5.27. The van der Waals surface area contributed by atoms with Crippen molar-refractivity contribution in [3.8, 4) is 0 Å². The zero-order valence-corrected chi connectivity index (χ0v) is 15.3. The number of likely N-dealkylation sites (N-methyl/N-ethyl adjacent to an activating group) is 1. The monoisotopic (exact) mass is 310 g/mol. The van der Waals surface area contributed by atoms with Gasteiger partial charge in [-0.3, -0.25) is 4.79 Å². The van der Waals surface area contributed by atoms with Crippen molar-refractivity contribution < 1.29 is 0 Å². The summed E-state index contributed by atoms with van der Waals surface area (Å²) in [5.74, 6) is 0. The highest BCUT2D eigenvalue weighted by Crippen LogP contribution is 2.32. The number of rotatable bonds is 8. The fourth-order valence-electron chi connectivity index (χ4n) is 2.81. The van der Waals surface area contributed by atoms with Crippen LogP contribution in [0.1, 0.15) is 53.0 Å². The Kier molecular flexibility index (Phi) is 6.54. The second-order valence-corrected chi connectivity index (χ2v) is 7.30. The lowest BCUT2D eigenvalue weighted by atomic mass is 9.82. The van der Waals surface area contributed by atoms with Crippen LogP contribution in [0.5, 0.6) is 0 Å².